The standard InChI is InChI=1S/C35H29N5O4/c1-24(38(22-21-25-9-3-2-4-10-25)35(42)36-28-16-19-29(20-17-28)40(43)44)33-37-32-14-8-7-13-31(32)34(41)39(33)30-18-15-26-11-5-6-12-27(26)23-30/h2-20,23-24H,21-22H2,1H3,(H,36,42). The van der Waals surface area contributed by atoms with E-state index in [0.29, 0.717) is 41.1 Å². The first-order chi connectivity index (χ1) is 21.4. The molecule has 6 aromatic rings. The number of carbonyl (C=O) groups excluding carboxylic acids is 1. The van der Waals surface area contributed by atoms with Gasteiger partial charge in [-0.15, -0.1) is 0 Å². The Kier molecular flexibility index (Phi) is 7.84. The van der Waals surface area contributed by atoms with E-state index in [9.17, 15) is 19.7 Å². The number of para-hydroxylation sites is 1. The van der Waals surface area contributed by atoms with Gasteiger partial charge in [-0.05, 0) is 66.1 Å². The second-order valence-electron chi connectivity index (χ2n) is 10.5. The van der Waals surface area contributed by atoms with E-state index in [2.05, 4.69) is 5.32 Å². The lowest BCUT2D eigenvalue weighted by Gasteiger charge is -2.31. The summed E-state index contributed by atoms with van der Waals surface area (Å²) in [5.41, 5.74) is 2.34. The number of aromatic nitrogens is 2. The Morgan fingerprint density at radius 1 is 0.886 bits per heavy atom. The Morgan fingerprint density at radius 3 is 2.32 bits per heavy atom. The number of rotatable bonds is 8. The number of fused-ring (bicyclic) bond motifs is 2. The van der Waals surface area contributed by atoms with Crippen molar-refractivity contribution in [1.82, 2.24) is 14.5 Å². The van der Waals surface area contributed by atoms with Gasteiger partial charge < -0.3 is 10.2 Å². The molecule has 0 radical (unpaired) electrons. The zero-order chi connectivity index (χ0) is 30.6. The minimum absolute atomic E-state index is 0.0722. The number of nitro groups is 1. The normalized spacial score (nSPS) is 11.8. The number of benzene rings is 5. The lowest BCUT2D eigenvalue weighted by atomic mass is 10.1. The van der Waals surface area contributed by atoms with Crippen LogP contribution in [0.25, 0.3) is 27.4 Å². The summed E-state index contributed by atoms with van der Waals surface area (Å²) in [7, 11) is 0. The molecule has 0 aliphatic heterocycles. The number of hydrogen-bond acceptors (Lipinski definition) is 5. The number of non-ortho nitro benzene ring substituents is 1. The third-order valence-electron chi connectivity index (χ3n) is 7.71. The predicted octanol–water partition coefficient (Wildman–Crippen LogP) is 7.28. The summed E-state index contributed by atoms with van der Waals surface area (Å²) >= 11 is 0. The fraction of sp³-hybridized carbons (Fsp3) is 0.114. The molecule has 0 saturated carbocycles. The Hall–Kier alpha value is -5.83. The number of carbonyl (C=O) groups is 1. The van der Waals surface area contributed by atoms with Gasteiger partial charge in [-0.25, -0.2) is 9.78 Å². The molecule has 2 amide bonds. The molecule has 9 heteroatoms. The zero-order valence-corrected chi connectivity index (χ0v) is 24.0. The Morgan fingerprint density at radius 2 is 1.57 bits per heavy atom. The van der Waals surface area contributed by atoms with Gasteiger partial charge in [0, 0.05) is 24.4 Å². The van der Waals surface area contributed by atoms with Gasteiger partial charge in [0.05, 0.1) is 27.6 Å². The summed E-state index contributed by atoms with van der Waals surface area (Å²) < 4.78 is 1.59. The molecular weight excluding hydrogens is 554 g/mol. The van der Waals surface area contributed by atoms with Crippen LogP contribution < -0.4 is 10.9 Å². The molecule has 1 unspecified atom stereocenters. The topological polar surface area (TPSA) is 110 Å². The van der Waals surface area contributed by atoms with Crippen molar-refractivity contribution < 1.29 is 9.72 Å². The van der Waals surface area contributed by atoms with E-state index in [1.54, 1.807) is 21.6 Å². The monoisotopic (exact) mass is 583 g/mol. The number of nitro benzene ring substituents is 1. The van der Waals surface area contributed by atoms with Crippen molar-refractivity contribution in [3.05, 3.63) is 153 Å². The maximum absolute atomic E-state index is 14.1. The average molecular weight is 584 g/mol. The maximum atomic E-state index is 14.1. The molecule has 6 rings (SSSR count). The number of nitrogens with one attached hydrogen (secondary N) is 1. The second kappa shape index (κ2) is 12.2. The van der Waals surface area contributed by atoms with Crippen LogP contribution in [0.3, 0.4) is 0 Å². The lowest BCUT2D eigenvalue weighted by molar-refractivity contribution is -0.384. The second-order valence-corrected chi connectivity index (χ2v) is 10.5. The first kappa shape index (κ1) is 28.3. The number of nitrogens with zero attached hydrogens (tertiary/aromatic N) is 4. The third kappa shape index (κ3) is 5.76. The predicted molar refractivity (Wildman–Crippen MR) is 172 cm³/mol. The third-order valence-corrected chi connectivity index (χ3v) is 7.71. The van der Waals surface area contributed by atoms with E-state index in [4.69, 9.17) is 4.98 Å². The molecule has 1 heterocycles. The van der Waals surface area contributed by atoms with E-state index in [1.165, 1.54) is 24.3 Å². The number of anilines is 1. The maximum Gasteiger partial charge on any atom is 0.322 e. The minimum Gasteiger partial charge on any atom is -0.314 e. The van der Waals surface area contributed by atoms with Gasteiger partial charge in [-0.1, -0.05) is 72.8 Å². The van der Waals surface area contributed by atoms with Crippen molar-refractivity contribution in [2.75, 3.05) is 11.9 Å². The molecule has 1 aromatic heterocycles. The highest BCUT2D eigenvalue weighted by Crippen LogP contribution is 2.26. The molecule has 44 heavy (non-hydrogen) atoms. The number of hydrogen-bond donors (Lipinski definition) is 1. The first-order valence-electron chi connectivity index (χ1n) is 14.3. The molecule has 0 bridgehead atoms. The molecule has 0 spiro atoms. The highest BCUT2D eigenvalue weighted by Gasteiger charge is 2.27. The number of amides is 2. The molecule has 0 aliphatic carbocycles. The van der Waals surface area contributed by atoms with E-state index in [0.717, 1.165) is 16.3 Å². The summed E-state index contributed by atoms with van der Waals surface area (Å²) in [5.74, 6) is 0.413. The molecule has 9 nitrogen and oxygen atoms in total. The number of urea groups is 1. The van der Waals surface area contributed by atoms with Crippen molar-refractivity contribution in [2.24, 2.45) is 0 Å². The fourth-order valence-electron chi connectivity index (χ4n) is 5.36. The van der Waals surface area contributed by atoms with Gasteiger partial charge in [0.1, 0.15) is 5.82 Å². The smallest absolute Gasteiger partial charge is 0.314 e. The van der Waals surface area contributed by atoms with Crippen LogP contribution >= 0.6 is 0 Å². The zero-order valence-electron chi connectivity index (χ0n) is 24.0. The van der Waals surface area contributed by atoms with Gasteiger partial charge in [-0.3, -0.25) is 19.5 Å². The molecule has 1 N–H and O–H groups in total. The molecule has 0 aliphatic rings. The van der Waals surface area contributed by atoms with Crippen molar-refractivity contribution in [3.8, 4) is 5.69 Å². The van der Waals surface area contributed by atoms with Crippen LogP contribution in [0.15, 0.2) is 126 Å². The van der Waals surface area contributed by atoms with E-state index in [1.807, 2.05) is 91.9 Å². The molecular formula is C35H29N5O4. The summed E-state index contributed by atoms with van der Waals surface area (Å²) in [6.07, 6.45) is 0.562. The Bertz CT molecular complexity index is 2040. The largest absolute Gasteiger partial charge is 0.322 e. The molecule has 218 valence electrons. The summed E-state index contributed by atoms with van der Waals surface area (Å²) in [6, 6.07) is 35.4. The molecule has 1 atom stereocenters. The van der Waals surface area contributed by atoms with Crippen molar-refractivity contribution >= 4 is 39.1 Å². The van der Waals surface area contributed by atoms with E-state index in [-0.39, 0.29) is 11.2 Å². The van der Waals surface area contributed by atoms with Crippen molar-refractivity contribution in [1.29, 1.82) is 0 Å². The van der Waals surface area contributed by atoms with Crippen molar-refractivity contribution in [2.45, 2.75) is 19.4 Å². The fourth-order valence-corrected chi connectivity index (χ4v) is 5.36. The highest BCUT2D eigenvalue weighted by atomic mass is 16.6. The molecule has 0 saturated heterocycles. The summed E-state index contributed by atoms with van der Waals surface area (Å²) in [5, 5.41) is 16.5. The van der Waals surface area contributed by atoms with Crippen LogP contribution in [0.2, 0.25) is 0 Å². The molecule has 0 fully saturated rings. The first-order valence-corrected chi connectivity index (χ1v) is 14.3. The average Bonchev–Trinajstić information content (AvgIpc) is 3.05. The quantitative estimate of drug-likeness (QED) is 0.149. The van der Waals surface area contributed by atoms with E-state index >= 15 is 0 Å². The van der Waals surface area contributed by atoms with Crippen LogP contribution in [0.4, 0.5) is 16.2 Å². The van der Waals surface area contributed by atoms with Crippen LogP contribution in [0.5, 0.6) is 0 Å². The lowest BCUT2D eigenvalue weighted by Crippen LogP contribution is -2.41. The Balaban J connectivity index is 1.44. The minimum atomic E-state index is -0.638. The SMILES string of the molecule is CC(c1nc2ccccc2c(=O)n1-c1ccc2ccccc2c1)N(CCc1ccccc1)C(=O)Nc1ccc([N+](=O)[O-])cc1. The van der Waals surface area contributed by atoms with Crippen LogP contribution in [-0.4, -0.2) is 32.0 Å². The summed E-state index contributed by atoms with van der Waals surface area (Å²) in [4.78, 5) is 45.2. The van der Waals surface area contributed by atoms with Crippen LogP contribution in [0, 0.1) is 10.1 Å². The van der Waals surface area contributed by atoms with Gasteiger partial charge in [-0.2, -0.15) is 0 Å². The van der Waals surface area contributed by atoms with Crippen LogP contribution in [-0.2, 0) is 6.42 Å². The van der Waals surface area contributed by atoms with Gasteiger partial charge in [0.25, 0.3) is 11.2 Å². The highest BCUT2D eigenvalue weighted by molar-refractivity contribution is 5.90. The van der Waals surface area contributed by atoms with Gasteiger partial charge >= 0.3 is 6.03 Å². The Labute approximate surface area is 253 Å². The van der Waals surface area contributed by atoms with Gasteiger partial charge in [0.15, 0.2) is 0 Å². The van der Waals surface area contributed by atoms with Crippen molar-refractivity contribution in [3.63, 3.8) is 0 Å². The van der Waals surface area contributed by atoms with E-state index < -0.39 is 17.0 Å². The van der Waals surface area contributed by atoms with Crippen LogP contribution in [0.1, 0.15) is 24.4 Å². The van der Waals surface area contributed by atoms with Gasteiger partial charge in [0.2, 0.25) is 0 Å². The summed E-state index contributed by atoms with van der Waals surface area (Å²) in [6.45, 7) is 2.18. The molecule has 5 aromatic carbocycles.